The number of nitrogens with zero attached hydrogens (tertiary/aromatic N) is 4. The molecular weight excluding hydrogens is 1580 g/mol. The van der Waals surface area contributed by atoms with Crippen LogP contribution in [0.4, 0.5) is 11.5 Å². The van der Waals surface area contributed by atoms with Gasteiger partial charge in [-0.05, 0) is 195 Å². The number of aromatic hydroxyl groups is 1. The van der Waals surface area contributed by atoms with E-state index in [9.17, 15) is 39.6 Å². The highest BCUT2D eigenvalue weighted by molar-refractivity contribution is 9.11. The van der Waals surface area contributed by atoms with Crippen LogP contribution in [0.25, 0.3) is 11.1 Å². The number of halogens is 4. The molecule has 6 aliphatic rings. The lowest BCUT2D eigenvalue weighted by molar-refractivity contribution is -0.114. The number of carbonyl (C=O) groups is 4. The maximum atomic E-state index is 12.0. The number of nitriles is 2. The lowest BCUT2D eigenvalue weighted by atomic mass is 9.64. The Hall–Kier alpha value is -7.49. The summed E-state index contributed by atoms with van der Waals surface area (Å²) in [6.45, 7) is 25.8. The number of Topliss-reactive ketones (excluding diaryl/α,β-unsaturated/α-hetero) is 1. The van der Waals surface area contributed by atoms with Gasteiger partial charge in [0, 0.05) is 74.9 Å². The number of nitrogens with one attached hydrogen (secondary N) is 3. The molecule has 0 bridgehead atoms. The molecule has 7 heterocycles. The number of ketones is 1. The smallest absolute Gasteiger partial charge is 0.532 e. The number of amidine groups is 1. The lowest BCUT2D eigenvalue weighted by Crippen LogP contribution is -2.41. The Labute approximate surface area is 652 Å². The monoisotopic (exact) mass is 1670 g/mol. The third-order valence-electron chi connectivity index (χ3n) is 18.1. The predicted octanol–water partition coefficient (Wildman–Crippen LogP) is 12.6. The topological polar surface area (TPSA) is 403 Å². The van der Waals surface area contributed by atoms with Crippen LogP contribution < -0.4 is 41.9 Å². The van der Waals surface area contributed by atoms with E-state index in [0.29, 0.717) is 81.1 Å². The van der Waals surface area contributed by atoms with Gasteiger partial charge in [0.15, 0.2) is 11.6 Å². The fraction of sp³-hybridized carbons (Fsp3) is 0.444. The summed E-state index contributed by atoms with van der Waals surface area (Å²) in [5.74, 6) is 3.69. The van der Waals surface area contributed by atoms with Crippen LogP contribution in [0.2, 0.25) is 6.22 Å². The lowest BCUT2D eigenvalue weighted by Gasteiger charge is -2.32. The summed E-state index contributed by atoms with van der Waals surface area (Å²) in [4.78, 5) is 43.7. The van der Waals surface area contributed by atoms with Gasteiger partial charge >= 0.3 is 28.5 Å². The molecule has 0 aliphatic carbocycles. The number of methoxy groups -OCH3 is 1. The van der Waals surface area contributed by atoms with Gasteiger partial charge in [0.25, 0.3) is 11.8 Å². The van der Waals surface area contributed by atoms with E-state index in [4.69, 9.17) is 81.6 Å². The van der Waals surface area contributed by atoms with Gasteiger partial charge in [0.05, 0.1) is 89.9 Å². The number of amides is 2. The number of benzene rings is 4. The maximum Gasteiger partial charge on any atom is 0.552 e. The molecule has 4 saturated heterocycles. The second-order valence-electron chi connectivity index (χ2n) is 26.6. The molecule has 5 aromatic rings. The van der Waals surface area contributed by atoms with Crippen molar-refractivity contribution in [2.24, 2.45) is 29.0 Å². The van der Waals surface area contributed by atoms with E-state index < -0.39 is 31.9 Å². The van der Waals surface area contributed by atoms with Crippen LogP contribution in [0.1, 0.15) is 159 Å². The zero-order valence-corrected chi connectivity index (χ0v) is 67.4. The van der Waals surface area contributed by atoms with E-state index in [1.165, 1.54) is 12.3 Å². The number of hydrogen-bond acceptors (Lipinski definition) is 22. The molecule has 0 spiro atoms. The van der Waals surface area contributed by atoms with E-state index in [1.807, 2.05) is 55.5 Å². The van der Waals surface area contributed by atoms with Crippen molar-refractivity contribution in [2.45, 2.75) is 162 Å². The Bertz CT molecular complexity index is 3960. The average Bonchev–Trinajstić information content (AvgIpc) is 1.54. The normalized spacial score (nSPS) is 19.5. The van der Waals surface area contributed by atoms with Gasteiger partial charge in [-0.25, -0.2) is 0 Å². The van der Waals surface area contributed by atoms with E-state index in [-0.39, 0.29) is 88.5 Å². The fourth-order valence-corrected chi connectivity index (χ4v) is 11.7. The van der Waals surface area contributed by atoms with Crippen LogP contribution in [-0.2, 0) is 37.7 Å². The van der Waals surface area contributed by atoms with Crippen LogP contribution in [0.15, 0.2) is 122 Å². The second kappa shape index (κ2) is 41.2. The summed E-state index contributed by atoms with van der Waals surface area (Å²) in [6.07, 6.45) is 7.13. The molecule has 106 heavy (non-hydrogen) atoms. The minimum atomic E-state index is -0.964. The molecule has 2 amide bonds. The van der Waals surface area contributed by atoms with E-state index in [0.717, 1.165) is 60.0 Å². The number of ether oxygens (including phenoxy) is 3. The highest BCUT2D eigenvalue weighted by Crippen LogP contribution is 2.43. The summed E-state index contributed by atoms with van der Waals surface area (Å²) in [5, 5.41) is 64.3. The molecule has 11 rings (SSSR count). The number of phenols is 1. The van der Waals surface area contributed by atoms with Gasteiger partial charge in [-0.3, -0.25) is 29.3 Å². The third kappa shape index (κ3) is 25.9. The summed E-state index contributed by atoms with van der Waals surface area (Å²) in [6, 6.07) is 27.7. The van der Waals surface area contributed by atoms with Gasteiger partial charge in [-0.1, -0.05) is 75.5 Å². The molecule has 568 valence electrons. The first-order valence-corrected chi connectivity index (χ1v) is 37.1. The van der Waals surface area contributed by atoms with Crippen molar-refractivity contribution in [3.8, 4) is 35.1 Å². The van der Waals surface area contributed by atoms with Crippen molar-refractivity contribution in [1.82, 2.24) is 15.1 Å². The zero-order valence-electron chi connectivity index (χ0n) is 61.9. The predicted molar refractivity (Wildman–Crippen MR) is 422 cm³/mol. The number of hydrogen-bond donors (Lipinski definition) is 9. The minimum Gasteiger partial charge on any atom is -0.532 e. The van der Waals surface area contributed by atoms with Gasteiger partial charge in [-0.15, -0.1) is 0 Å². The van der Waals surface area contributed by atoms with Crippen molar-refractivity contribution in [2.75, 3.05) is 38.9 Å². The molecule has 1 aromatic heterocycles. The highest BCUT2D eigenvalue weighted by Gasteiger charge is 2.57. The van der Waals surface area contributed by atoms with Crippen LogP contribution >= 0.6 is 59.4 Å². The molecule has 4 atom stereocenters. The number of anilines is 2. The number of phenolic OH excluding ortho intramolecular Hbond substituents is 1. The van der Waals surface area contributed by atoms with Crippen LogP contribution in [0, 0.1) is 39.9 Å². The Morgan fingerprint density at radius 3 is 1.66 bits per heavy atom. The first-order valence-electron chi connectivity index (χ1n) is 34.3. The molecule has 2 unspecified atom stereocenters. The van der Waals surface area contributed by atoms with Gasteiger partial charge in [0.1, 0.15) is 34.4 Å². The van der Waals surface area contributed by atoms with Gasteiger partial charge in [0.2, 0.25) is 5.24 Å². The minimum absolute atomic E-state index is 0.0463. The molecule has 4 aromatic carbocycles. The zero-order chi connectivity index (χ0) is 79.0. The van der Waals surface area contributed by atoms with Crippen molar-refractivity contribution in [1.29, 1.82) is 15.9 Å². The van der Waals surface area contributed by atoms with Crippen LogP contribution in [-0.4, -0.2) is 144 Å². The first-order chi connectivity index (χ1) is 49.9. The van der Waals surface area contributed by atoms with Crippen molar-refractivity contribution < 1.29 is 76.5 Å². The maximum absolute atomic E-state index is 12.0. The average molecular weight is 1670 g/mol. The third-order valence-corrected chi connectivity index (χ3v) is 19.8. The number of primary amides is 2. The van der Waals surface area contributed by atoms with Crippen LogP contribution in [0.3, 0.4) is 0 Å². The number of fused-ring (bicyclic) bond motifs is 2. The molecule has 26 nitrogen and oxygen atoms in total. The molecule has 12 N–H and O–H groups in total. The summed E-state index contributed by atoms with van der Waals surface area (Å²) >= 11 is 14.8. The summed E-state index contributed by atoms with van der Waals surface area (Å²) in [7, 11) is -0.671. The SMILES string of the molecule is CC1(C)OB(CB2OC(C)(C)C(C)(C)O2)OC1(C)C.CCC(=O)Cl.CCC(=O)c1cc(Br)ccc1O.CCC1=CB(O)Oc2ccc(Br)cc21.CCC1=CB(O)Oc2ccc(Nc3nn(C4COCC[C@@H]4C#N)cc3C(N)=O)cc21.COc1ccc(Br)cc1.N#C[C@H]1CCOCC1N/C=C(\C(=N)N)C(N)=O. The largest absolute Gasteiger partial charge is 0.552 e. The molecule has 6 aliphatic heterocycles. The number of allylic oxidation sites excluding steroid dienone is 2. The van der Waals surface area contributed by atoms with Crippen molar-refractivity contribution >= 4 is 139 Å². The molecule has 34 heteroatoms. The second-order valence-corrected chi connectivity index (χ2v) is 29.8. The van der Waals surface area contributed by atoms with Crippen molar-refractivity contribution in [3.63, 3.8) is 0 Å². The Morgan fingerprint density at radius 2 is 1.19 bits per heavy atom. The van der Waals surface area contributed by atoms with Gasteiger partial charge in [-0.2, -0.15) is 15.6 Å². The van der Waals surface area contributed by atoms with Crippen LogP contribution in [0.5, 0.6) is 23.0 Å². The number of rotatable bonds is 16. The number of nitrogens with two attached hydrogens (primary N) is 3. The molecule has 0 saturated carbocycles. The molecule has 0 radical (unpaired) electrons. The fourth-order valence-electron chi connectivity index (χ4n) is 10.7. The Kier molecular flexibility index (Phi) is 34.6. The first kappa shape index (κ1) is 89.1. The molecular formula is C72H94B4Br3ClN10O16. The Balaban J connectivity index is 0.000000234. The quantitative estimate of drug-likeness (QED) is 0.0111. The highest BCUT2D eigenvalue weighted by atomic mass is 79.9. The van der Waals surface area contributed by atoms with Crippen molar-refractivity contribution in [3.05, 3.63) is 144 Å². The molecule has 4 fully saturated rings. The number of aromatic nitrogens is 2. The Morgan fingerprint density at radius 1 is 0.708 bits per heavy atom. The van der Waals surface area contributed by atoms with Gasteiger partial charge < -0.3 is 85.1 Å². The number of carbonyl (C=O) groups excluding carboxylic acids is 4. The van der Waals surface area contributed by atoms with E-state index in [1.54, 1.807) is 68.1 Å². The summed E-state index contributed by atoms with van der Waals surface area (Å²) < 4.78 is 54.8. The van der Waals surface area contributed by atoms with E-state index in [2.05, 4.69) is 138 Å². The standard InChI is InChI=1S/C20H22BN5O4.C13H26B2O4.C10H10BBrO2.C10H15N5O2.C9H9BrO2.C7H7BrO.C3H5ClO/c1-2-12-8-21(28)30-18-4-3-14(7-15(12)18)24-20-16(19(23)27)10-26(25-20)17-11-29-6-5-13(17)9-22;1-10(2)11(3,4)17-14(16-10)9-15-18-12(5,6)13(7,8)19-15;1-2-7-6-11(13)14-10-4-3-8(12)5-9(7)10;11-3-6-1-2-17-5-8(6)15-4-7(9(12)13)10(14)16;1-2-8(11)7-5-6(10)3-4-9(7)12;1-9-7-4-2-6(8)3-5-7;1-2-3(4)5/h3-4,7-8,10,13,17,28H,2,5-6,11H2,1H3,(H2,23,27)(H,24,25);9H2,1-8H3;3-6,13H,2H2,1H3;4,6,8,15H,1-2,5H2,(H3,12,13)(H2,14,16);3-5,12H,2H2,1H3;2-5H,1H3;2H2,1H3/b;;;7-4+;;;/t13-,17?;;;6-,8?;;;/m1..1.../s1. The summed E-state index contributed by atoms with van der Waals surface area (Å²) in [5.41, 5.74) is 19.8. The van der Waals surface area contributed by atoms with E-state index >= 15 is 0 Å².